The third kappa shape index (κ3) is 8.11. The Hall–Kier alpha value is -2.28. The summed E-state index contributed by atoms with van der Waals surface area (Å²) in [6.45, 7) is 7.39. The Morgan fingerprint density at radius 1 is 1.13 bits per heavy atom. The van der Waals surface area contributed by atoms with Gasteiger partial charge < -0.3 is 21.3 Å². The van der Waals surface area contributed by atoms with Crippen LogP contribution in [-0.4, -0.2) is 48.5 Å². The molecule has 38 heavy (non-hydrogen) atoms. The van der Waals surface area contributed by atoms with Gasteiger partial charge in [0, 0.05) is 53.7 Å². The number of nitrogens with one attached hydrogen (secondary N) is 2. The van der Waals surface area contributed by atoms with Gasteiger partial charge >= 0.3 is 0 Å². The zero-order valence-electron chi connectivity index (χ0n) is 22.6. The first kappa shape index (κ1) is 28.7. The van der Waals surface area contributed by atoms with Crippen LogP contribution < -0.4 is 16.4 Å². The van der Waals surface area contributed by atoms with Crippen molar-refractivity contribution in [3.05, 3.63) is 63.6 Å². The lowest BCUT2D eigenvalue weighted by atomic mass is 9.88. The molecule has 2 aromatic rings. The number of piperazine rings is 1. The number of primary amides is 1. The van der Waals surface area contributed by atoms with E-state index in [1.54, 1.807) is 12.1 Å². The number of rotatable bonds is 8. The molecular weight excluding hydrogens is 517 g/mol. The van der Waals surface area contributed by atoms with Crippen molar-refractivity contribution in [1.82, 2.24) is 10.2 Å². The fraction of sp³-hybridized carbons (Fsp3) is 0.533. The number of amides is 1. The molecule has 1 saturated carbocycles. The molecule has 1 aliphatic carbocycles. The first-order valence-electron chi connectivity index (χ1n) is 13.9. The van der Waals surface area contributed by atoms with Crippen molar-refractivity contribution in [1.29, 1.82) is 0 Å². The van der Waals surface area contributed by atoms with Crippen molar-refractivity contribution in [2.24, 2.45) is 16.6 Å². The van der Waals surface area contributed by atoms with E-state index >= 15 is 0 Å². The van der Waals surface area contributed by atoms with E-state index in [0.29, 0.717) is 28.0 Å². The molecule has 1 saturated heterocycles. The van der Waals surface area contributed by atoms with Gasteiger partial charge in [0.05, 0.1) is 6.04 Å². The molecule has 4 N–H and O–H groups in total. The highest BCUT2D eigenvalue weighted by Gasteiger charge is 2.25. The van der Waals surface area contributed by atoms with Crippen molar-refractivity contribution in [2.75, 3.05) is 25.0 Å². The number of anilines is 1. The molecule has 1 heterocycles. The lowest BCUT2D eigenvalue weighted by Gasteiger charge is -2.37. The Morgan fingerprint density at radius 3 is 2.53 bits per heavy atom. The van der Waals surface area contributed by atoms with Gasteiger partial charge in [-0.2, -0.15) is 0 Å². The summed E-state index contributed by atoms with van der Waals surface area (Å²) in [6, 6.07) is 14.4. The van der Waals surface area contributed by atoms with Gasteiger partial charge in [-0.15, -0.1) is 0 Å². The molecule has 1 unspecified atom stereocenters. The third-order valence-corrected chi connectivity index (χ3v) is 8.07. The van der Waals surface area contributed by atoms with Crippen LogP contribution in [0, 0.1) is 5.92 Å². The van der Waals surface area contributed by atoms with Crippen LogP contribution in [0.5, 0.6) is 0 Å². The summed E-state index contributed by atoms with van der Waals surface area (Å²) in [6.07, 6.45) is 7.44. The molecule has 0 radical (unpaired) electrons. The van der Waals surface area contributed by atoms with Gasteiger partial charge in [0.2, 0.25) is 5.91 Å². The monoisotopic (exact) mass is 557 g/mol. The van der Waals surface area contributed by atoms with Crippen molar-refractivity contribution in [3.8, 4) is 0 Å². The number of aliphatic imine (C=N–C) groups is 1. The van der Waals surface area contributed by atoms with Gasteiger partial charge in [-0.1, -0.05) is 74.5 Å². The molecule has 1 aliphatic heterocycles. The maximum Gasteiger partial charge on any atom is 0.218 e. The zero-order valence-corrected chi connectivity index (χ0v) is 24.1. The number of carbonyl (C=O) groups is 1. The van der Waals surface area contributed by atoms with Gasteiger partial charge in [-0.3, -0.25) is 4.79 Å². The Balaban J connectivity index is 1.56. The molecule has 2 atom stereocenters. The van der Waals surface area contributed by atoms with Gasteiger partial charge in [-0.05, 0) is 60.6 Å². The summed E-state index contributed by atoms with van der Waals surface area (Å²) in [4.78, 5) is 19.6. The number of nitrogens with zero attached hydrogens (tertiary/aromatic N) is 2. The minimum atomic E-state index is -0.375. The normalized spacial score (nSPS) is 20.0. The van der Waals surface area contributed by atoms with E-state index in [2.05, 4.69) is 41.5 Å². The van der Waals surface area contributed by atoms with Crippen LogP contribution in [0.15, 0.2) is 47.5 Å². The van der Waals surface area contributed by atoms with E-state index in [9.17, 15) is 4.79 Å². The van der Waals surface area contributed by atoms with Crippen molar-refractivity contribution >= 4 is 40.8 Å². The van der Waals surface area contributed by atoms with E-state index in [0.717, 1.165) is 61.7 Å². The number of guanidine groups is 1. The van der Waals surface area contributed by atoms with Crippen LogP contribution in [0.1, 0.15) is 75.8 Å². The Kier molecular flexibility index (Phi) is 10.3. The van der Waals surface area contributed by atoms with E-state index < -0.39 is 0 Å². The largest absolute Gasteiger partial charge is 0.370 e. The van der Waals surface area contributed by atoms with E-state index in [1.165, 1.54) is 19.3 Å². The molecule has 0 aromatic heterocycles. The molecule has 6 nitrogen and oxygen atoms in total. The summed E-state index contributed by atoms with van der Waals surface area (Å²) in [5.74, 6) is 0.995. The fourth-order valence-electron chi connectivity index (χ4n) is 5.64. The second kappa shape index (κ2) is 13.7. The number of benzene rings is 2. The van der Waals surface area contributed by atoms with Crippen LogP contribution in [0.2, 0.25) is 10.0 Å². The highest BCUT2D eigenvalue weighted by molar-refractivity contribution is 6.35. The second-order valence-electron chi connectivity index (χ2n) is 11.1. The SMILES string of the molecule is CC(C)C[C@H]1CN(C(=NC2CCCCC2)Nc2ccc(C(CC(N)=O)c3ccc(Cl)cc3Cl)cc2)CCN1. The molecule has 4 rings (SSSR count). The summed E-state index contributed by atoms with van der Waals surface area (Å²) in [5.41, 5.74) is 8.40. The topological polar surface area (TPSA) is 82.8 Å². The predicted molar refractivity (Wildman–Crippen MR) is 159 cm³/mol. The van der Waals surface area contributed by atoms with Crippen LogP contribution >= 0.6 is 23.2 Å². The third-order valence-electron chi connectivity index (χ3n) is 7.50. The van der Waals surface area contributed by atoms with E-state index in [4.69, 9.17) is 33.9 Å². The van der Waals surface area contributed by atoms with Crippen LogP contribution in [0.3, 0.4) is 0 Å². The summed E-state index contributed by atoms with van der Waals surface area (Å²) >= 11 is 12.6. The minimum absolute atomic E-state index is 0.167. The first-order chi connectivity index (χ1) is 18.3. The molecular formula is C30H41Cl2N5O. The quantitative estimate of drug-likeness (QED) is 0.258. The molecule has 8 heteroatoms. The molecule has 0 spiro atoms. The summed E-state index contributed by atoms with van der Waals surface area (Å²) in [7, 11) is 0. The number of hydrogen-bond acceptors (Lipinski definition) is 3. The Morgan fingerprint density at radius 2 is 1.87 bits per heavy atom. The smallest absolute Gasteiger partial charge is 0.218 e. The van der Waals surface area contributed by atoms with Gasteiger partial charge in [0.25, 0.3) is 0 Å². The van der Waals surface area contributed by atoms with Gasteiger partial charge in [0.1, 0.15) is 0 Å². The molecule has 2 aromatic carbocycles. The molecule has 206 valence electrons. The molecule has 2 fully saturated rings. The predicted octanol–water partition coefficient (Wildman–Crippen LogP) is 6.42. The molecule has 0 bridgehead atoms. The van der Waals surface area contributed by atoms with Crippen LogP contribution in [-0.2, 0) is 4.79 Å². The molecule has 2 aliphatic rings. The average molecular weight is 559 g/mol. The highest BCUT2D eigenvalue weighted by atomic mass is 35.5. The number of hydrogen-bond donors (Lipinski definition) is 3. The Bertz CT molecular complexity index is 1100. The summed E-state index contributed by atoms with van der Waals surface area (Å²) in [5, 5.41) is 8.42. The van der Waals surface area contributed by atoms with E-state index in [-0.39, 0.29) is 18.2 Å². The maximum atomic E-state index is 11.9. The van der Waals surface area contributed by atoms with Crippen molar-refractivity contribution in [2.45, 2.75) is 76.8 Å². The standard InChI is InChI=1S/C30H41Cl2N5O/c1-20(2)16-25-19-37(15-14-34-25)30(35-23-6-4-3-5-7-23)36-24-11-8-21(9-12-24)27(18-29(33)38)26-13-10-22(31)17-28(26)32/h8-13,17,20,23,25,27,34H,3-7,14-16,18-19H2,1-2H3,(H2,33,38)(H,35,36)/t25-,27?/m0/s1. The lowest BCUT2D eigenvalue weighted by Crippen LogP contribution is -2.54. The fourth-order valence-corrected chi connectivity index (χ4v) is 6.18. The van der Waals surface area contributed by atoms with Gasteiger partial charge in [0.15, 0.2) is 5.96 Å². The zero-order chi connectivity index (χ0) is 27.1. The average Bonchev–Trinajstić information content (AvgIpc) is 2.88. The first-order valence-corrected chi connectivity index (χ1v) is 14.7. The molecule has 1 amide bonds. The highest BCUT2D eigenvalue weighted by Crippen LogP contribution is 2.35. The Labute approximate surface area is 237 Å². The maximum absolute atomic E-state index is 11.9. The number of halogens is 2. The van der Waals surface area contributed by atoms with Crippen LogP contribution in [0.4, 0.5) is 5.69 Å². The van der Waals surface area contributed by atoms with E-state index in [1.807, 2.05) is 18.2 Å². The lowest BCUT2D eigenvalue weighted by molar-refractivity contribution is -0.118. The van der Waals surface area contributed by atoms with Crippen molar-refractivity contribution < 1.29 is 4.79 Å². The number of nitrogens with two attached hydrogens (primary N) is 1. The van der Waals surface area contributed by atoms with Gasteiger partial charge in [-0.25, -0.2) is 4.99 Å². The second-order valence-corrected chi connectivity index (χ2v) is 12.0. The van der Waals surface area contributed by atoms with Crippen molar-refractivity contribution in [3.63, 3.8) is 0 Å². The summed E-state index contributed by atoms with van der Waals surface area (Å²) < 4.78 is 0. The minimum Gasteiger partial charge on any atom is -0.370 e. The van der Waals surface area contributed by atoms with Crippen LogP contribution in [0.25, 0.3) is 0 Å². The number of carbonyl (C=O) groups excluding carboxylic acids is 1.